The highest BCUT2D eigenvalue weighted by Crippen LogP contribution is 2.27. The lowest BCUT2D eigenvalue weighted by atomic mass is 9.95. The molecule has 1 saturated carbocycles. The van der Waals surface area contributed by atoms with Crippen molar-refractivity contribution in [1.82, 2.24) is 9.88 Å². The number of aliphatic hydroxyl groups excluding tert-OH is 1. The molecule has 3 aromatic rings. The van der Waals surface area contributed by atoms with E-state index in [0.717, 1.165) is 53.6 Å². The molecule has 1 aromatic carbocycles. The molecule has 2 heterocycles. The van der Waals surface area contributed by atoms with Crippen molar-refractivity contribution in [3.05, 3.63) is 53.0 Å². The fourth-order valence-electron chi connectivity index (χ4n) is 4.73. The van der Waals surface area contributed by atoms with Gasteiger partial charge in [-0.05, 0) is 67.8 Å². The molecular weight excluding hydrogens is 434 g/mol. The summed E-state index contributed by atoms with van der Waals surface area (Å²) in [7, 11) is 0. The first-order valence-corrected chi connectivity index (χ1v) is 12.9. The zero-order valence-corrected chi connectivity index (χ0v) is 20.1. The Bertz CT molecular complexity index is 1100. The second-order valence-corrected chi connectivity index (χ2v) is 9.68. The maximum absolute atomic E-state index is 13.4. The van der Waals surface area contributed by atoms with Gasteiger partial charge in [-0.15, -0.1) is 11.3 Å². The number of anilines is 1. The lowest BCUT2D eigenvalue weighted by Gasteiger charge is -2.24. The number of amides is 2. The number of aromatic nitrogens is 1. The van der Waals surface area contributed by atoms with Crippen LogP contribution in [-0.2, 0) is 17.8 Å². The van der Waals surface area contributed by atoms with Crippen molar-refractivity contribution in [2.24, 2.45) is 0 Å². The van der Waals surface area contributed by atoms with Gasteiger partial charge in [0.2, 0.25) is 5.91 Å². The zero-order chi connectivity index (χ0) is 23.2. The summed E-state index contributed by atoms with van der Waals surface area (Å²) < 4.78 is 2.88. The number of thiophene rings is 1. The third-order valence-corrected chi connectivity index (χ3v) is 7.31. The Labute approximate surface area is 199 Å². The van der Waals surface area contributed by atoms with Gasteiger partial charge in [-0.3, -0.25) is 9.59 Å². The molecule has 0 bridgehead atoms. The van der Waals surface area contributed by atoms with E-state index in [9.17, 15) is 9.59 Å². The molecule has 0 unspecified atom stereocenters. The Hall–Kier alpha value is -2.64. The minimum atomic E-state index is -0.0906. The molecule has 0 atom stereocenters. The van der Waals surface area contributed by atoms with Crippen molar-refractivity contribution in [3.63, 3.8) is 0 Å². The Balaban J connectivity index is 1.56. The van der Waals surface area contributed by atoms with Crippen LogP contribution in [0.3, 0.4) is 0 Å². The summed E-state index contributed by atoms with van der Waals surface area (Å²) in [5.74, 6) is -0.139. The number of hydrogen-bond acceptors (Lipinski definition) is 4. The fourth-order valence-corrected chi connectivity index (χ4v) is 5.55. The second-order valence-electron chi connectivity index (χ2n) is 8.73. The van der Waals surface area contributed by atoms with Crippen LogP contribution in [-0.4, -0.2) is 40.7 Å². The molecule has 1 aliphatic carbocycles. The van der Waals surface area contributed by atoms with E-state index in [0.29, 0.717) is 18.7 Å². The average Bonchev–Trinajstić information content (AvgIpc) is 3.42. The van der Waals surface area contributed by atoms with Crippen LogP contribution < -0.4 is 10.2 Å². The molecule has 0 saturated heterocycles. The lowest BCUT2D eigenvalue weighted by Crippen LogP contribution is -2.38. The van der Waals surface area contributed by atoms with Gasteiger partial charge in [-0.2, -0.15) is 0 Å². The van der Waals surface area contributed by atoms with Crippen LogP contribution >= 0.6 is 11.3 Å². The Morgan fingerprint density at radius 2 is 2.00 bits per heavy atom. The summed E-state index contributed by atoms with van der Waals surface area (Å²) in [6, 6.07) is 12.0. The first kappa shape index (κ1) is 23.5. The molecule has 0 aliphatic heterocycles. The summed E-state index contributed by atoms with van der Waals surface area (Å²) in [4.78, 5) is 28.4. The van der Waals surface area contributed by atoms with Crippen LogP contribution in [0.25, 0.3) is 10.2 Å². The molecule has 6 nitrogen and oxygen atoms in total. The SMILES string of the molecule is CCN(C(=O)Cn1c(C(=O)NC2CCCCC2)cc2sccc21)c1cccc(CCCO)c1. The number of aryl methyl sites for hydroxylation is 1. The minimum absolute atomic E-state index is 0.0489. The van der Waals surface area contributed by atoms with Crippen molar-refractivity contribution in [2.45, 2.75) is 64.5 Å². The molecule has 1 aliphatic rings. The number of aliphatic hydroxyl groups is 1. The fraction of sp³-hybridized carbons (Fsp3) is 0.462. The maximum atomic E-state index is 13.4. The van der Waals surface area contributed by atoms with Crippen molar-refractivity contribution in [2.75, 3.05) is 18.1 Å². The quantitative estimate of drug-likeness (QED) is 0.477. The topological polar surface area (TPSA) is 74.6 Å². The first-order valence-electron chi connectivity index (χ1n) is 12.0. The van der Waals surface area contributed by atoms with Crippen LogP contribution in [0.15, 0.2) is 41.8 Å². The highest BCUT2D eigenvalue weighted by molar-refractivity contribution is 7.17. The molecule has 4 rings (SSSR count). The maximum Gasteiger partial charge on any atom is 0.268 e. The van der Waals surface area contributed by atoms with Crippen LogP contribution in [0.1, 0.15) is 61.5 Å². The largest absolute Gasteiger partial charge is 0.396 e. The van der Waals surface area contributed by atoms with Crippen molar-refractivity contribution < 1.29 is 14.7 Å². The monoisotopic (exact) mass is 467 g/mol. The smallest absolute Gasteiger partial charge is 0.268 e. The minimum Gasteiger partial charge on any atom is -0.396 e. The molecule has 0 radical (unpaired) electrons. The van der Waals surface area contributed by atoms with Crippen molar-refractivity contribution in [1.29, 1.82) is 0 Å². The number of benzene rings is 1. The highest BCUT2D eigenvalue weighted by atomic mass is 32.1. The molecule has 0 spiro atoms. The van der Waals surface area contributed by atoms with E-state index in [1.165, 1.54) is 6.42 Å². The number of rotatable bonds is 9. The standard InChI is InChI=1S/C26H33N3O3S/c1-2-28(21-12-6-8-19(16-21)9-7-14-30)25(31)18-29-22-13-15-33-24(22)17-23(29)26(32)27-20-10-4-3-5-11-20/h6,8,12-13,15-17,20,30H,2-5,7,9-11,14,18H2,1H3,(H,27,32). The van der Waals surface area contributed by atoms with Gasteiger partial charge in [-0.25, -0.2) is 0 Å². The van der Waals surface area contributed by atoms with E-state index in [-0.39, 0.29) is 31.0 Å². The van der Waals surface area contributed by atoms with E-state index < -0.39 is 0 Å². The Kier molecular flexibility index (Phi) is 7.83. The molecule has 2 amide bonds. The average molecular weight is 468 g/mol. The van der Waals surface area contributed by atoms with Gasteiger partial charge in [0.1, 0.15) is 12.2 Å². The van der Waals surface area contributed by atoms with Gasteiger partial charge in [-0.1, -0.05) is 31.4 Å². The number of nitrogens with zero attached hydrogens (tertiary/aromatic N) is 2. The van der Waals surface area contributed by atoms with E-state index in [2.05, 4.69) is 5.32 Å². The van der Waals surface area contributed by atoms with Gasteiger partial charge in [0, 0.05) is 24.9 Å². The third-order valence-electron chi connectivity index (χ3n) is 6.45. The Morgan fingerprint density at radius 3 is 2.76 bits per heavy atom. The number of fused-ring (bicyclic) bond motifs is 1. The van der Waals surface area contributed by atoms with E-state index in [1.807, 2.05) is 53.3 Å². The van der Waals surface area contributed by atoms with Crippen molar-refractivity contribution in [3.8, 4) is 0 Å². The van der Waals surface area contributed by atoms with Gasteiger partial charge in [0.05, 0.1) is 10.2 Å². The predicted molar refractivity (Wildman–Crippen MR) is 134 cm³/mol. The van der Waals surface area contributed by atoms with Crippen LogP contribution in [0.2, 0.25) is 0 Å². The molecule has 1 fully saturated rings. The number of carbonyl (C=O) groups is 2. The number of hydrogen-bond donors (Lipinski definition) is 2. The summed E-state index contributed by atoms with van der Waals surface area (Å²) >= 11 is 1.59. The van der Waals surface area contributed by atoms with Crippen LogP contribution in [0.5, 0.6) is 0 Å². The molecule has 176 valence electrons. The van der Waals surface area contributed by atoms with E-state index in [1.54, 1.807) is 16.2 Å². The molecule has 7 heteroatoms. The van der Waals surface area contributed by atoms with Crippen molar-refractivity contribution >= 4 is 39.1 Å². The second kappa shape index (κ2) is 11.0. The highest BCUT2D eigenvalue weighted by Gasteiger charge is 2.24. The number of likely N-dealkylation sites (N-methyl/N-ethyl adjacent to an activating group) is 1. The molecule has 33 heavy (non-hydrogen) atoms. The Morgan fingerprint density at radius 1 is 1.18 bits per heavy atom. The number of nitrogens with one attached hydrogen (secondary N) is 1. The van der Waals surface area contributed by atoms with Crippen LogP contribution in [0, 0.1) is 0 Å². The van der Waals surface area contributed by atoms with Gasteiger partial charge >= 0.3 is 0 Å². The predicted octanol–water partition coefficient (Wildman–Crippen LogP) is 4.74. The lowest BCUT2D eigenvalue weighted by molar-refractivity contribution is -0.119. The zero-order valence-electron chi connectivity index (χ0n) is 19.3. The van der Waals surface area contributed by atoms with Crippen LogP contribution in [0.4, 0.5) is 5.69 Å². The van der Waals surface area contributed by atoms with Gasteiger partial charge < -0.3 is 19.9 Å². The summed E-state index contributed by atoms with van der Waals surface area (Å²) in [6.45, 7) is 2.77. The molecular formula is C26H33N3O3S. The van der Waals surface area contributed by atoms with E-state index >= 15 is 0 Å². The van der Waals surface area contributed by atoms with Gasteiger partial charge in [0.25, 0.3) is 5.91 Å². The normalized spacial score (nSPS) is 14.5. The van der Waals surface area contributed by atoms with E-state index in [4.69, 9.17) is 5.11 Å². The van der Waals surface area contributed by atoms with Gasteiger partial charge in [0.15, 0.2) is 0 Å². The molecule has 2 aromatic heterocycles. The number of carbonyl (C=O) groups excluding carboxylic acids is 2. The summed E-state index contributed by atoms with van der Waals surface area (Å²) in [5.41, 5.74) is 3.43. The summed E-state index contributed by atoms with van der Waals surface area (Å²) in [6.07, 6.45) is 7.06. The molecule has 2 N–H and O–H groups in total. The first-order chi connectivity index (χ1) is 16.1. The third kappa shape index (κ3) is 5.47. The summed E-state index contributed by atoms with van der Waals surface area (Å²) in [5, 5.41) is 14.3.